The minimum absolute atomic E-state index is 0.0509. The Bertz CT molecular complexity index is 794. The van der Waals surface area contributed by atoms with Crippen LogP contribution in [0.4, 0.5) is 4.79 Å². The zero-order valence-corrected chi connectivity index (χ0v) is 16.6. The van der Waals surface area contributed by atoms with E-state index >= 15 is 0 Å². The molecule has 2 aliphatic rings. The quantitative estimate of drug-likeness (QED) is 0.780. The third kappa shape index (κ3) is 3.66. The molecular weight excluding hydrogens is 354 g/mol. The van der Waals surface area contributed by atoms with Gasteiger partial charge in [-0.15, -0.1) is 0 Å². The molecule has 0 N–H and O–H groups in total. The third-order valence-corrected chi connectivity index (χ3v) is 7.04. The van der Waals surface area contributed by atoms with E-state index in [9.17, 15) is 13.2 Å². The van der Waals surface area contributed by atoms with Gasteiger partial charge >= 0.3 is 6.03 Å². The molecule has 2 saturated heterocycles. The van der Waals surface area contributed by atoms with Gasteiger partial charge in [0.05, 0.1) is 24.7 Å². The number of nitrogens with zero attached hydrogens (tertiary/aromatic N) is 3. The highest BCUT2D eigenvalue weighted by Crippen LogP contribution is 2.29. The maximum atomic E-state index is 12.5. The number of hydrogen-bond donors (Lipinski definition) is 0. The molecule has 0 spiro atoms. The summed E-state index contributed by atoms with van der Waals surface area (Å²) in [6.07, 6.45) is 0. The fraction of sp³-hybridized carbons (Fsp3) is 0.611. The van der Waals surface area contributed by atoms with Gasteiger partial charge in [0.1, 0.15) is 5.75 Å². The normalized spacial score (nSPS) is 25.0. The van der Waals surface area contributed by atoms with Crippen molar-refractivity contribution in [3.05, 3.63) is 29.3 Å². The first-order valence-corrected chi connectivity index (χ1v) is 10.6. The highest BCUT2D eigenvalue weighted by molar-refractivity contribution is 7.91. The summed E-state index contributed by atoms with van der Waals surface area (Å²) in [5, 5.41) is 0. The second-order valence-electron chi connectivity index (χ2n) is 7.34. The van der Waals surface area contributed by atoms with Gasteiger partial charge < -0.3 is 14.5 Å². The lowest BCUT2D eigenvalue weighted by Crippen LogP contribution is -2.61. The van der Waals surface area contributed by atoms with E-state index in [-0.39, 0.29) is 29.6 Å². The molecule has 0 radical (unpaired) electrons. The zero-order valence-electron chi connectivity index (χ0n) is 15.8. The van der Waals surface area contributed by atoms with Crippen LogP contribution in [0.25, 0.3) is 0 Å². The first-order chi connectivity index (χ1) is 12.2. The number of piperazine rings is 1. The lowest BCUT2D eigenvalue weighted by Gasteiger charge is -2.44. The van der Waals surface area contributed by atoms with Gasteiger partial charge in [-0.25, -0.2) is 13.2 Å². The van der Waals surface area contributed by atoms with Gasteiger partial charge in [0.15, 0.2) is 9.84 Å². The Morgan fingerprint density at radius 2 is 1.92 bits per heavy atom. The van der Waals surface area contributed by atoms with Crippen LogP contribution in [0.15, 0.2) is 18.2 Å². The summed E-state index contributed by atoms with van der Waals surface area (Å²) in [7, 11) is 1.91. The van der Waals surface area contributed by atoms with Crippen LogP contribution in [0.2, 0.25) is 0 Å². The summed E-state index contributed by atoms with van der Waals surface area (Å²) in [5.41, 5.74) is 2.27. The molecular formula is C18H27N3O4S. The van der Waals surface area contributed by atoms with Gasteiger partial charge in [0.2, 0.25) is 0 Å². The number of amides is 2. The zero-order chi connectivity index (χ0) is 19.1. The SMILES string of the molecule is COc1ccc(CN2CCN(C(=O)N(C)C)[C@H]3CS(=O)(=O)C[C@H]32)c(C)c1. The summed E-state index contributed by atoms with van der Waals surface area (Å²) < 4.78 is 29.8. The lowest BCUT2D eigenvalue weighted by atomic mass is 10.0. The fourth-order valence-electron chi connectivity index (χ4n) is 3.91. The van der Waals surface area contributed by atoms with Gasteiger partial charge in [-0.3, -0.25) is 4.90 Å². The van der Waals surface area contributed by atoms with Crippen LogP contribution in [0.1, 0.15) is 11.1 Å². The predicted molar refractivity (Wildman–Crippen MR) is 100 cm³/mol. The van der Waals surface area contributed by atoms with E-state index in [2.05, 4.69) is 4.90 Å². The number of aryl methyl sites for hydroxylation is 1. The molecule has 26 heavy (non-hydrogen) atoms. The maximum absolute atomic E-state index is 12.5. The highest BCUT2D eigenvalue weighted by Gasteiger charge is 2.48. The molecule has 144 valence electrons. The van der Waals surface area contributed by atoms with E-state index < -0.39 is 9.84 Å². The summed E-state index contributed by atoms with van der Waals surface area (Å²) >= 11 is 0. The topological polar surface area (TPSA) is 70.2 Å². The van der Waals surface area contributed by atoms with E-state index in [0.29, 0.717) is 19.6 Å². The largest absolute Gasteiger partial charge is 0.497 e. The number of methoxy groups -OCH3 is 1. The summed E-state index contributed by atoms with van der Waals surface area (Å²) in [4.78, 5) is 17.9. The third-order valence-electron chi connectivity index (χ3n) is 5.34. The van der Waals surface area contributed by atoms with Crippen molar-refractivity contribution in [3.63, 3.8) is 0 Å². The minimum atomic E-state index is -3.14. The van der Waals surface area contributed by atoms with Gasteiger partial charge in [0, 0.05) is 39.8 Å². The number of sulfone groups is 1. The molecule has 8 heteroatoms. The molecule has 2 heterocycles. The van der Waals surface area contributed by atoms with Crippen LogP contribution in [0.3, 0.4) is 0 Å². The van der Waals surface area contributed by atoms with E-state index in [0.717, 1.165) is 16.9 Å². The second-order valence-corrected chi connectivity index (χ2v) is 9.50. The van der Waals surface area contributed by atoms with Crippen molar-refractivity contribution in [2.24, 2.45) is 0 Å². The molecule has 7 nitrogen and oxygen atoms in total. The Morgan fingerprint density at radius 3 is 2.54 bits per heavy atom. The van der Waals surface area contributed by atoms with Gasteiger partial charge in [-0.05, 0) is 30.2 Å². The number of rotatable bonds is 3. The molecule has 2 fully saturated rings. The molecule has 0 aromatic heterocycles. The monoisotopic (exact) mass is 381 g/mol. The second kappa shape index (κ2) is 7.08. The minimum Gasteiger partial charge on any atom is -0.497 e. The Labute approximate surface area is 155 Å². The van der Waals surface area contributed by atoms with Crippen LogP contribution in [-0.2, 0) is 16.4 Å². The lowest BCUT2D eigenvalue weighted by molar-refractivity contribution is 0.0519. The molecule has 2 amide bonds. The molecule has 0 saturated carbocycles. The van der Waals surface area contributed by atoms with E-state index in [1.54, 1.807) is 26.1 Å². The molecule has 0 aliphatic carbocycles. The highest BCUT2D eigenvalue weighted by atomic mass is 32.2. The summed E-state index contributed by atoms with van der Waals surface area (Å²) in [5.74, 6) is 0.980. The first kappa shape index (κ1) is 19.0. The van der Waals surface area contributed by atoms with E-state index in [4.69, 9.17) is 4.74 Å². The molecule has 3 rings (SSSR count). The number of carbonyl (C=O) groups excluding carboxylic acids is 1. The Morgan fingerprint density at radius 1 is 1.23 bits per heavy atom. The number of benzene rings is 1. The van der Waals surface area contributed by atoms with Crippen molar-refractivity contribution in [1.82, 2.24) is 14.7 Å². The number of fused-ring (bicyclic) bond motifs is 1. The standard InChI is InChI=1S/C18H27N3O4S/c1-13-9-15(25-4)6-5-14(13)10-20-7-8-21(18(22)19(2)3)17-12-26(23,24)11-16(17)20/h5-6,9,16-17H,7-8,10-12H2,1-4H3/t16-,17+/m1/s1. The van der Waals surface area contributed by atoms with E-state index in [1.807, 2.05) is 25.1 Å². The molecule has 1 aromatic carbocycles. The summed E-state index contributed by atoms with van der Waals surface area (Å²) in [6.45, 7) is 3.92. The van der Waals surface area contributed by atoms with Crippen molar-refractivity contribution >= 4 is 15.9 Å². The predicted octanol–water partition coefficient (Wildman–Crippen LogP) is 0.968. The average molecular weight is 381 g/mol. The van der Waals surface area contributed by atoms with Crippen molar-refractivity contribution in [3.8, 4) is 5.75 Å². The molecule has 1 aromatic rings. The number of hydrogen-bond acceptors (Lipinski definition) is 5. The first-order valence-electron chi connectivity index (χ1n) is 8.78. The molecule has 0 bridgehead atoms. The molecule has 0 unspecified atom stereocenters. The van der Waals surface area contributed by atoms with Crippen LogP contribution in [0, 0.1) is 6.92 Å². The number of carbonyl (C=O) groups is 1. The maximum Gasteiger partial charge on any atom is 0.319 e. The van der Waals surface area contributed by atoms with Gasteiger partial charge in [0.25, 0.3) is 0 Å². The van der Waals surface area contributed by atoms with Crippen molar-refractivity contribution < 1.29 is 17.9 Å². The Kier molecular flexibility index (Phi) is 5.16. The van der Waals surface area contributed by atoms with Crippen LogP contribution >= 0.6 is 0 Å². The van der Waals surface area contributed by atoms with Crippen LogP contribution in [0.5, 0.6) is 5.75 Å². The molecule has 2 aliphatic heterocycles. The Hall–Kier alpha value is -1.80. The van der Waals surface area contributed by atoms with Crippen LogP contribution in [-0.4, -0.2) is 87.0 Å². The smallest absolute Gasteiger partial charge is 0.319 e. The number of ether oxygens (including phenoxy) is 1. The average Bonchev–Trinajstić information content (AvgIpc) is 2.91. The van der Waals surface area contributed by atoms with Crippen molar-refractivity contribution in [1.29, 1.82) is 0 Å². The number of urea groups is 1. The van der Waals surface area contributed by atoms with Crippen LogP contribution < -0.4 is 4.74 Å². The molecule has 2 atom stereocenters. The Balaban J connectivity index is 1.83. The fourth-order valence-corrected chi connectivity index (χ4v) is 5.92. The van der Waals surface area contributed by atoms with Gasteiger partial charge in [-0.2, -0.15) is 0 Å². The van der Waals surface area contributed by atoms with Crippen molar-refractivity contribution in [2.45, 2.75) is 25.6 Å². The van der Waals surface area contributed by atoms with Crippen molar-refractivity contribution in [2.75, 3.05) is 45.8 Å². The van der Waals surface area contributed by atoms with Gasteiger partial charge in [-0.1, -0.05) is 6.07 Å². The summed E-state index contributed by atoms with van der Waals surface area (Å²) in [6, 6.07) is 5.41. The van der Waals surface area contributed by atoms with E-state index in [1.165, 1.54) is 4.90 Å².